The maximum absolute atomic E-state index is 10.5. The Bertz CT molecular complexity index is 241. The van der Waals surface area contributed by atoms with Gasteiger partial charge in [-0.3, -0.25) is 9.48 Å². The van der Waals surface area contributed by atoms with Crippen molar-refractivity contribution >= 4 is 11.7 Å². The Kier molecular flexibility index (Phi) is 1.71. The van der Waals surface area contributed by atoms with E-state index >= 15 is 0 Å². The minimum atomic E-state index is -0.0800. The molecule has 4 heteroatoms. The summed E-state index contributed by atoms with van der Waals surface area (Å²) >= 11 is 0. The number of nitrogens with one attached hydrogen (secondary N) is 1. The molecule has 10 heavy (non-hydrogen) atoms. The zero-order valence-electron chi connectivity index (χ0n) is 5.96. The van der Waals surface area contributed by atoms with Crippen LogP contribution in [0.5, 0.6) is 0 Å². The van der Waals surface area contributed by atoms with Gasteiger partial charge in [0.15, 0.2) is 0 Å². The smallest absolute Gasteiger partial charge is 0.222 e. The number of hydrogen-bond acceptors (Lipinski definition) is 2. The number of anilines is 1. The fraction of sp³-hybridized carbons (Fsp3) is 0.333. The lowest BCUT2D eigenvalue weighted by molar-refractivity contribution is -0.114. The van der Waals surface area contributed by atoms with E-state index in [1.807, 2.05) is 0 Å². The average Bonchev–Trinajstić information content (AvgIpc) is 2.15. The summed E-state index contributed by atoms with van der Waals surface area (Å²) in [6, 6.07) is 1.74. The number of aromatic nitrogens is 2. The monoisotopic (exact) mass is 139 g/mol. The van der Waals surface area contributed by atoms with Crippen molar-refractivity contribution in [2.45, 2.75) is 6.92 Å². The Morgan fingerprint density at radius 1 is 1.80 bits per heavy atom. The van der Waals surface area contributed by atoms with Gasteiger partial charge in [-0.05, 0) is 0 Å². The highest BCUT2D eigenvalue weighted by Crippen LogP contribution is 2.01. The molecule has 0 aliphatic carbocycles. The van der Waals surface area contributed by atoms with E-state index in [1.165, 1.54) is 6.92 Å². The lowest BCUT2D eigenvalue weighted by Crippen LogP contribution is -2.09. The SMILES string of the molecule is CC(=O)Nc1ccnn1C. The Balaban J connectivity index is 2.74. The zero-order valence-corrected chi connectivity index (χ0v) is 5.96. The number of amides is 1. The van der Waals surface area contributed by atoms with Gasteiger partial charge in [0.05, 0.1) is 6.20 Å². The van der Waals surface area contributed by atoms with Crippen molar-refractivity contribution in [2.75, 3.05) is 5.32 Å². The first kappa shape index (κ1) is 6.80. The molecule has 0 aromatic carbocycles. The number of nitrogens with zero attached hydrogens (tertiary/aromatic N) is 2. The number of rotatable bonds is 1. The molecule has 1 rings (SSSR count). The fourth-order valence-corrected chi connectivity index (χ4v) is 0.677. The highest BCUT2D eigenvalue weighted by atomic mass is 16.1. The summed E-state index contributed by atoms with van der Waals surface area (Å²) in [5.74, 6) is 0.635. The number of aryl methyl sites for hydroxylation is 1. The van der Waals surface area contributed by atoms with Crippen LogP contribution in [-0.4, -0.2) is 15.7 Å². The van der Waals surface area contributed by atoms with Crippen LogP contribution in [0.2, 0.25) is 0 Å². The molecule has 0 bridgehead atoms. The molecule has 0 saturated carbocycles. The highest BCUT2D eigenvalue weighted by Gasteiger charge is 1.97. The van der Waals surface area contributed by atoms with Gasteiger partial charge in [-0.15, -0.1) is 0 Å². The second-order valence-corrected chi connectivity index (χ2v) is 2.02. The van der Waals surface area contributed by atoms with E-state index in [1.54, 1.807) is 24.0 Å². The van der Waals surface area contributed by atoms with Crippen LogP contribution in [0.15, 0.2) is 12.3 Å². The molecule has 1 aromatic heterocycles. The number of hydrogen-bond donors (Lipinski definition) is 1. The van der Waals surface area contributed by atoms with Gasteiger partial charge >= 0.3 is 0 Å². The molecule has 0 saturated heterocycles. The van der Waals surface area contributed by atoms with E-state index in [9.17, 15) is 4.79 Å². The van der Waals surface area contributed by atoms with E-state index in [4.69, 9.17) is 0 Å². The fourth-order valence-electron chi connectivity index (χ4n) is 0.677. The van der Waals surface area contributed by atoms with E-state index in [2.05, 4.69) is 10.4 Å². The minimum absolute atomic E-state index is 0.0800. The van der Waals surface area contributed by atoms with Gasteiger partial charge in [0.25, 0.3) is 0 Å². The standard InChI is InChI=1S/C6H9N3O/c1-5(10)8-6-3-4-7-9(6)2/h3-4H,1-2H3,(H,8,10). The summed E-state index contributed by atoms with van der Waals surface area (Å²) in [6.45, 7) is 1.47. The maximum Gasteiger partial charge on any atom is 0.222 e. The van der Waals surface area contributed by atoms with Crippen LogP contribution in [0.1, 0.15) is 6.92 Å². The molecule has 1 N–H and O–H groups in total. The normalized spacial score (nSPS) is 9.40. The zero-order chi connectivity index (χ0) is 7.56. The molecule has 54 valence electrons. The molecule has 0 atom stereocenters. The third kappa shape index (κ3) is 1.34. The average molecular weight is 139 g/mol. The van der Waals surface area contributed by atoms with Crippen LogP contribution in [0.4, 0.5) is 5.82 Å². The molecular weight excluding hydrogens is 130 g/mol. The van der Waals surface area contributed by atoms with Gasteiger partial charge in [0.2, 0.25) is 5.91 Å². The summed E-state index contributed by atoms with van der Waals surface area (Å²) < 4.78 is 1.60. The number of carbonyl (C=O) groups excluding carboxylic acids is 1. The van der Waals surface area contributed by atoms with Crippen molar-refractivity contribution in [1.82, 2.24) is 9.78 Å². The van der Waals surface area contributed by atoms with E-state index in [0.717, 1.165) is 0 Å². The quantitative estimate of drug-likeness (QED) is 0.611. The first-order valence-electron chi connectivity index (χ1n) is 2.96. The minimum Gasteiger partial charge on any atom is -0.311 e. The van der Waals surface area contributed by atoms with Gasteiger partial charge in [-0.2, -0.15) is 5.10 Å². The maximum atomic E-state index is 10.5. The first-order chi connectivity index (χ1) is 4.70. The molecule has 1 heterocycles. The van der Waals surface area contributed by atoms with Crippen LogP contribution in [0.25, 0.3) is 0 Å². The summed E-state index contributed by atoms with van der Waals surface area (Å²) in [7, 11) is 1.77. The summed E-state index contributed by atoms with van der Waals surface area (Å²) in [5, 5.41) is 6.49. The second kappa shape index (κ2) is 2.51. The topological polar surface area (TPSA) is 46.9 Å². The summed E-state index contributed by atoms with van der Waals surface area (Å²) in [5.41, 5.74) is 0. The van der Waals surface area contributed by atoms with E-state index < -0.39 is 0 Å². The Labute approximate surface area is 58.8 Å². The van der Waals surface area contributed by atoms with E-state index in [0.29, 0.717) is 5.82 Å². The lowest BCUT2D eigenvalue weighted by atomic mass is 10.6. The molecule has 0 aliphatic rings. The Morgan fingerprint density at radius 2 is 2.50 bits per heavy atom. The van der Waals surface area contributed by atoms with Crippen molar-refractivity contribution < 1.29 is 4.79 Å². The molecular formula is C6H9N3O. The highest BCUT2D eigenvalue weighted by molar-refractivity contribution is 5.87. The number of carbonyl (C=O) groups is 1. The lowest BCUT2D eigenvalue weighted by Gasteiger charge is -1.99. The molecule has 0 unspecified atom stereocenters. The van der Waals surface area contributed by atoms with Gasteiger partial charge in [-0.25, -0.2) is 0 Å². The van der Waals surface area contributed by atoms with Crippen molar-refractivity contribution in [3.63, 3.8) is 0 Å². The van der Waals surface area contributed by atoms with Gasteiger partial charge in [-0.1, -0.05) is 0 Å². The largest absolute Gasteiger partial charge is 0.311 e. The van der Waals surface area contributed by atoms with Gasteiger partial charge in [0.1, 0.15) is 5.82 Å². The molecule has 1 aromatic rings. The van der Waals surface area contributed by atoms with Crippen molar-refractivity contribution in [3.05, 3.63) is 12.3 Å². The molecule has 0 radical (unpaired) electrons. The van der Waals surface area contributed by atoms with Gasteiger partial charge in [0, 0.05) is 20.0 Å². The molecule has 0 spiro atoms. The van der Waals surface area contributed by atoms with Crippen LogP contribution < -0.4 is 5.32 Å². The van der Waals surface area contributed by atoms with Crippen molar-refractivity contribution in [2.24, 2.45) is 7.05 Å². The predicted octanol–water partition coefficient (Wildman–Crippen LogP) is 0.378. The van der Waals surface area contributed by atoms with Crippen LogP contribution in [-0.2, 0) is 11.8 Å². The van der Waals surface area contributed by atoms with Gasteiger partial charge < -0.3 is 5.32 Å². The molecule has 4 nitrogen and oxygen atoms in total. The van der Waals surface area contributed by atoms with Crippen molar-refractivity contribution in [3.8, 4) is 0 Å². The Morgan fingerprint density at radius 3 is 2.90 bits per heavy atom. The van der Waals surface area contributed by atoms with Crippen LogP contribution in [0, 0.1) is 0 Å². The third-order valence-corrected chi connectivity index (χ3v) is 1.13. The van der Waals surface area contributed by atoms with Crippen LogP contribution in [0.3, 0.4) is 0 Å². The third-order valence-electron chi connectivity index (χ3n) is 1.13. The van der Waals surface area contributed by atoms with E-state index in [-0.39, 0.29) is 5.91 Å². The second-order valence-electron chi connectivity index (χ2n) is 2.02. The molecule has 1 amide bonds. The van der Waals surface area contributed by atoms with Crippen molar-refractivity contribution in [1.29, 1.82) is 0 Å². The summed E-state index contributed by atoms with van der Waals surface area (Å²) in [4.78, 5) is 10.5. The summed E-state index contributed by atoms with van der Waals surface area (Å²) in [6.07, 6.45) is 1.63. The predicted molar refractivity (Wildman–Crippen MR) is 37.5 cm³/mol. The van der Waals surface area contributed by atoms with Crippen LogP contribution >= 0.6 is 0 Å². The first-order valence-corrected chi connectivity index (χ1v) is 2.96. The molecule has 0 aliphatic heterocycles. The Hall–Kier alpha value is -1.32. The molecule has 0 fully saturated rings.